The first kappa shape index (κ1) is 13.1. The van der Waals surface area contributed by atoms with Crippen LogP contribution in [0, 0.1) is 5.41 Å². The number of fused-ring (bicyclic) bond motifs is 1. The summed E-state index contributed by atoms with van der Waals surface area (Å²) < 4.78 is 0. The lowest BCUT2D eigenvalue weighted by Crippen LogP contribution is -2.17. The molecule has 0 atom stereocenters. The van der Waals surface area contributed by atoms with Gasteiger partial charge in [0, 0.05) is 0 Å². The van der Waals surface area contributed by atoms with Gasteiger partial charge < -0.3 is 5.73 Å². The number of hydrogen-bond acceptors (Lipinski definition) is 1. The Balaban J connectivity index is 2.17. The molecule has 0 heterocycles. The van der Waals surface area contributed by atoms with Crippen molar-refractivity contribution in [3.8, 4) is 0 Å². The maximum Gasteiger partial charge on any atom is -0.00722 e. The monoisotopic (exact) mass is 241 g/mol. The summed E-state index contributed by atoms with van der Waals surface area (Å²) in [5.74, 6) is 0. The van der Waals surface area contributed by atoms with Gasteiger partial charge >= 0.3 is 0 Å². The van der Waals surface area contributed by atoms with Gasteiger partial charge in [0.25, 0.3) is 0 Å². The molecule has 0 saturated heterocycles. The van der Waals surface area contributed by atoms with Crippen LogP contribution in [0.4, 0.5) is 0 Å². The van der Waals surface area contributed by atoms with E-state index in [9.17, 15) is 0 Å². The minimum atomic E-state index is 0.339. The van der Waals surface area contributed by atoms with Crippen molar-refractivity contribution in [2.45, 2.75) is 33.1 Å². The van der Waals surface area contributed by atoms with Crippen LogP contribution in [0.2, 0.25) is 0 Å². The van der Waals surface area contributed by atoms with Crippen molar-refractivity contribution in [3.05, 3.63) is 48.0 Å². The van der Waals surface area contributed by atoms with Crippen LogP contribution in [-0.4, -0.2) is 6.54 Å². The third-order valence-electron chi connectivity index (χ3n) is 3.77. The molecule has 0 unspecified atom stereocenters. The predicted molar refractivity (Wildman–Crippen MR) is 79.7 cm³/mol. The van der Waals surface area contributed by atoms with E-state index in [-0.39, 0.29) is 0 Å². The zero-order chi connectivity index (χ0) is 13.0. The standard InChI is InChI=1S/C17H23N/c1-17(2,12-13-18)11-10-15-8-5-7-14-6-3-4-9-16(14)15/h3-9H,10-13,18H2,1-2H3. The second-order valence-corrected chi connectivity index (χ2v) is 5.84. The first-order valence-electron chi connectivity index (χ1n) is 6.79. The van der Waals surface area contributed by atoms with E-state index in [0.29, 0.717) is 5.41 Å². The zero-order valence-corrected chi connectivity index (χ0v) is 11.4. The van der Waals surface area contributed by atoms with Gasteiger partial charge in [0.2, 0.25) is 0 Å². The van der Waals surface area contributed by atoms with Gasteiger partial charge in [0.15, 0.2) is 0 Å². The predicted octanol–water partition coefficient (Wildman–Crippen LogP) is 4.15. The molecule has 0 amide bonds. The Bertz CT molecular complexity index is 509. The molecule has 0 spiro atoms. The Morgan fingerprint density at radius 1 is 0.944 bits per heavy atom. The van der Waals surface area contributed by atoms with Crippen LogP contribution < -0.4 is 5.73 Å². The molecule has 96 valence electrons. The summed E-state index contributed by atoms with van der Waals surface area (Å²) in [6.07, 6.45) is 3.42. The fourth-order valence-corrected chi connectivity index (χ4v) is 2.50. The highest BCUT2D eigenvalue weighted by molar-refractivity contribution is 5.85. The largest absolute Gasteiger partial charge is 0.330 e. The summed E-state index contributed by atoms with van der Waals surface area (Å²) in [4.78, 5) is 0. The quantitative estimate of drug-likeness (QED) is 0.836. The van der Waals surface area contributed by atoms with Gasteiger partial charge in [-0.15, -0.1) is 0 Å². The molecule has 2 rings (SSSR count). The molecule has 2 aromatic rings. The molecule has 0 aromatic heterocycles. The molecular weight excluding hydrogens is 218 g/mol. The lowest BCUT2D eigenvalue weighted by atomic mass is 9.82. The second kappa shape index (κ2) is 5.53. The summed E-state index contributed by atoms with van der Waals surface area (Å²) in [6.45, 7) is 5.40. The van der Waals surface area contributed by atoms with E-state index in [4.69, 9.17) is 5.73 Å². The molecule has 1 heteroatoms. The number of nitrogens with two attached hydrogens (primary N) is 1. The second-order valence-electron chi connectivity index (χ2n) is 5.84. The topological polar surface area (TPSA) is 26.0 Å². The summed E-state index contributed by atoms with van der Waals surface area (Å²) >= 11 is 0. The molecule has 18 heavy (non-hydrogen) atoms. The molecule has 0 radical (unpaired) electrons. The molecule has 0 fully saturated rings. The van der Waals surface area contributed by atoms with E-state index in [1.807, 2.05) is 0 Å². The fraction of sp³-hybridized carbons (Fsp3) is 0.412. The number of hydrogen-bond donors (Lipinski definition) is 1. The van der Waals surface area contributed by atoms with Crippen LogP contribution in [0.15, 0.2) is 42.5 Å². The van der Waals surface area contributed by atoms with Crippen molar-refractivity contribution in [2.75, 3.05) is 6.54 Å². The van der Waals surface area contributed by atoms with Crippen molar-refractivity contribution >= 4 is 10.8 Å². The van der Waals surface area contributed by atoms with Crippen molar-refractivity contribution in [1.82, 2.24) is 0 Å². The van der Waals surface area contributed by atoms with E-state index in [2.05, 4.69) is 56.3 Å². The lowest BCUT2D eigenvalue weighted by Gasteiger charge is -2.24. The minimum Gasteiger partial charge on any atom is -0.330 e. The average Bonchev–Trinajstić information content (AvgIpc) is 2.36. The Morgan fingerprint density at radius 2 is 1.67 bits per heavy atom. The number of aryl methyl sites for hydroxylation is 1. The number of rotatable bonds is 5. The van der Waals surface area contributed by atoms with Crippen LogP contribution in [0.3, 0.4) is 0 Å². The van der Waals surface area contributed by atoms with Crippen molar-refractivity contribution < 1.29 is 0 Å². The molecule has 0 bridgehead atoms. The Hall–Kier alpha value is -1.34. The van der Waals surface area contributed by atoms with Gasteiger partial charge in [-0.3, -0.25) is 0 Å². The maximum atomic E-state index is 5.67. The summed E-state index contributed by atoms with van der Waals surface area (Å²) in [6, 6.07) is 15.2. The van der Waals surface area contributed by atoms with Gasteiger partial charge in [0.05, 0.1) is 0 Å². The van der Waals surface area contributed by atoms with Crippen LogP contribution in [0.25, 0.3) is 10.8 Å². The smallest absolute Gasteiger partial charge is 0.00722 e. The fourth-order valence-electron chi connectivity index (χ4n) is 2.50. The first-order chi connectivity index (χ1) is 8.62. The van der Waals surface area contributed by atoms with Gasteiger partial charge in [-0.2, -0.15) is 0 Å². The van der Waals surface area contributed by atoms with Crippen LogP contribution >= 0.6 is 0 Å². The van der Waals surface area contributed by atoms with Crippen molar-refractivity contribution in [3.63, 3.8) is 0 Å². The van der Waals surface area contributed by atoms with E-state index in [1.165, 1.54) is 22.8 Å². The molecule has 2 aromatic carbocycles. The Morgan fingerprint density at radius 3 is 2.44 bits per heavy atom. The van der Waals surface area contributed by atoms with Gasteiger partial charge in [-0.1, -0.05) is 56.3 Å². The highest BCUT2D eigenvalue weighted by Gasteiger charge is 2.16. The van der Waals surface area contributed by atoms with Crippen LogP contribution in [0.1, 0.15) is 32.3 Å². The molecule has 0 aliphatic heterocycles. The highest BCUT2D eigenvalue weighted by Crippen LogP contribution is 2.28. The van der Waals surface area contributed by atoms with E-state index in [1.54, 1.807) is 0 Å². The van der Waals surface area contributed by atoms with E-state index < -0.39 is 0 Å². The Labute approximate surface area is 110 Å². The molecule has 0 aliphatic carbocycles. The van der Waals surface area contributed by atoms with E-state index in [0.717, 1.165) is 19.4 Å². The highest BCUT2D eigenvalue weighted by atomic mass is 14.5. The van der Waals surface area contributed by atoms with Gasteiger partial charge in [-0.05, 0) is 47.6 Å². The van der Waals surface area contributed by atoms with Gasteiger partial charge in [-0.25, -0.2) is 0 Å². The number of benzene rings is 2. The average molecular weight is 241 g/mol. The summed E-state index contributed by atoms with van der Waals surface area (Å²) in [7, 11) is 0. The van der Waals surface area contributed by atoms with E-state index >= 15 is 0 Å². The third kappa shape index (κ3) is 3.11. The zero-order valence-electron chi connectivity index (χ0n) is 11.4. The summed E-state index contributed by atoms with van der Waals surface area (Å²) in [5, 5.41) is 2.73. The normalized spacial score (nSPS) is 11.9. The van der Waals surface area contributed by atoms with Crippen molar-refractivity contribution in [2.24, 2.45) is 11.1 Å². The molecule has 0 saturated carbocycles. The third-order valence-corrected chi connectivity index (χ3v) is 3.77. The molecule has 1 nitrogen and oxygen atoms in total. The summed E-state index contributed by atoms with van der Waals surface area (Å²) in [5.41, 5.74) is 7.47. The van der Waals surface area contributed by atoms with Crippen molar-refractivity contribution in [1.29, 1.82) is 0 Å². The van der Waals surface area contributed by atoms with Gasteiger partial charge in [0.1, 0.15) is 0 Å². The first-order valence-corrected chi connectivity index (χ1v) is 6.79. The SMILES string of the molecule is CC(C)(CCN)CCc1cccc2ccccc12. The maximum absolute atomic E-state index is 5.67. The molecular formula is C17H23N. The molecule has 0 aliphatic rings. The minimum absolute atomic E-state index is 0.339. The molecule has 2 N–H and O–H groups in total. The Kier molecular flexibility index (Phi) is 4.03. The van der Waals surface area contributed by atoms with Crippen LogP contribution in [-0.2, 0) is 6.42 Å². The lowest BCUT2D eigenvalue weighted by molar-refractivity contribution is 0.314. The van der Waals surface area contributed by atoms with Crippen LogP contribution in [0.5, 0.6) is 0 Å².